The van der Waals surface area contributed by atoms with Gasteiger partial charge in [0.05, 0.1) is 18.4 Å². The van der Waals surface area contributed by atoms with Gasteiger partial charge in [0.25, 0.3) is 5.56 Å². The fourth-order valence-electron chi connectivity index (χ4n) is 1.42. The van der Waals surface area contributed by atoms with Crippen molar-refractivity contribution >= 4 is 29.2 Å². The van der Waals surface area contributed by atoms with Crippen LogP contribution in [-0.4, -0.2) is 28.0 Å². The van der Waals surface area contributed by atoms with Gasteiger partial charge in [0.15, 0.2) is 5.16 Å². The van der Waals surface area contributed by atoms with Crippen molar-refractivity contribution in [1.29, 1.82) is 0 Å². The Morgan fingerprint density at radius 2 is 2.20 bits per heavy atom. The molecule has 0 spiro atoms. The molecule has 0 unspecified atom stereocenters. The van der Waals surface area contributed by atoms with Gasteiger partial charge < -0.3 is 21.2 Å². The number of nitrogens with one attached hydrogen (secondary N) is 1. The number of ether oxygens (including phenoxy) is 1. The number of nitrogens with zero attached hydrogens (tertiary/aromatic N) is 2. The minimum atomic E-state index is -0.569. The summed E-state index contributed by atoms with van der Waals surface area (Å²) in [5, 5.41) is 0.554. The Bertz CT molecular complexity index is 715. The lowest BCUT2D eigenvalue weighted by molar-refractivity contribution is 0.0601. The van der Waals surface area contributed by atoms with Gasteiger partial charge in [0, 0.05) is 12.3 Å². The molecule has 20 heavy (non-hydrogen) atoms. The second kappa shape index (κ2) is 5.61. The molecule has 0 aliphatic heterocycles. The lowest BCUT2D eigenvalue weighted by Gasteiger charge is -2.07. The van der Waals surface area contributed by atoms with Gasteiger partial charge in [-0.1, -0.05) is 0 Å². The van der Waals surface area contributed by atoms with E-state index in [1.807, 2.05) is 0 Å². The molecule has 9 heteroatoms. The first-order valence-electron chi connectivity index (χ1n) is 5.38. The van der Waals surface area contributed by atoms with Crippen molar-refractivity contribution in [3.8, 4) is 0 Å². The van der Waals surface area contributed by atoms with Gasteiger partial charge in [0.1, 0.15) is 10.8 Å². The molecule has 0 amide bonds. The lowest BCUT2D eigenvalue weighted by Crippen LogP contribution is -2.10. The summed E-state index contributed by atoms with van der Waals surface area (Å²) in [6, 6.07) is 2.60. The zero-order valence-electron chi connectivity index (χ0n) is 10.4. The Kier molecular flexibility index (Phi) is 3.89. The molecule has 0 fully saturated rings. The number of carbonyl (C=O) groups is 1. The molecule has 2 heterocycles. The van der Waals surface area contributed by atoms with E-state index in [-0.39, 0.29) is 27.8 Å². The summed E-state index contributed by atoms with van der Waals surface area (Å²) in [5.74, 6) is -0.486. The number of hydrogen-bond donors (Lipinski definition) is 3. The van der Waals surface area contributed by atoms with E-state index >= 15 is 0 Å². The first kappa shape index (κ1) is 13.9. The van der Waals surface area contributed by atoms with Crippen molar-refractivity contribution in [2.75, 3.05) is 18.6 Å². The number of carbonyl (C=O) groups excluding carboxylic acids is 1. The molecule has 0 radical (unpaired) electrons. The number of nitrogens with two attached hydrogens (primary N) is 2. The third-order valence-corrected chi connectivity index (χ3v) is 3.20. The van der Waals surface area contributed by atoms with Gasteiger partial charge >= 0.3 is 5.97 Å². The Hall–Kier alpha value is -2.55. The average Bonchev–Trinajstić information content (AvgIpc) is 2.39. The molecule has 0 saturated carbocycles. The number of hydrogen-bond acceptors (Lipinski definition) is 8. The topological polar surface area (TPSA) is 137 Å². The SMILES string of the molecule is COC(=O)c1ccnc(Sc2nc(N)cc(=O)[nH]2)c1N. The standard InChI is InChI=1S/C11H11N5O3S/c1-19-10(18)5-2-3-14-9(8(5)13)20-11-15-6(12)4-7(17)16-11/h2-4H,13H2,1H3,(H3,12,15,16,17). The number of esters is 1. The maximum absolute atomic E-state index is 11.5. The van der Waals surface area contributed by atoms with Crippen molar-refractivity contribution in [2.24, 2.45) is 0 Å². The normalized spacial score (nSPS) is 10.2. The van der Waals surface area contributed by atoms with Crippen LogP contribution in [0, 0.1) is 0 Å². The third-order valence-electron chi connectivity index (χ3n) is 2.29. The van der Waals surface area contributed by atoms with Crippen LogP contribution in [0.4, 0.5) is 11.5 Å². The number of rotatable bonds is 3. The number of nitrogen functional groups attached to an aromatic ring is 2. The predicted molar refractivity (Wildman–Crippen MR) is 73.4 cm³/mol. The Morgan fingerprint density at radius 1 is 1.45 bits per heavy atom. The van der Waals surface area contributed by atoms with Crippen LogP contribution >= 0.6 is 11.8 Å². The zero-order valence-corrected chi connectivity index (χ0v) is 11.2. The molecule has 0 bridgehead atoms. The first-order chi connectivity index (χ1) is 9.51. The number of pyridine rings is 1. The second-order valence-corrected chi connectivity index (χ2v) is 4.62. The maximum Gasteiger partial charge on any atom is 0.340 e. The van der Waals surface area contributed by atoms with Crippen LogP contribution in [0.15, 0.2) is 33.3 Å². The molecular weight excluding hydrogens is 282 g/mol. The van der Waals surface area contributed by atoms with Gasteiger partial charge in [-0.2, -0.15) is 0 Å². The Labute approximate surface area is 117 Å². The first-order valence-corrected chi connectivity index (χ1v) is 6.20. The van der Waals surface area contributed by atoms with Crippen LogP contribution in [0.2, 0.25) is 0 Å². The van der Waals surface area contributed by atoms with E-state index in [2.05, 4.69) is 19.7 Å². The molecule has 0 saturated heterocycles. The molecule has 8 nitrogen and oxygen atoms in total. The molecule has 104 valence electrons. The van der Waals surface area contributed by atoms with Gasteiger partial charge in [0.2, 0.25) is 0 Å². The fourth-order valence-corrected chi connectivity index (χ4v) is 2.24. The van der Waals surface area contributed by atoms with Crippen molar-refractivity contribution in [2.45, 2.75) is 10.2 Å². The Balaban J connectivity index is 2.39. The van der Waals surface area contributed by atoms with E-state index in [1.54, 1.807) is 0 Å². The number of aromatic nitrogens is 3. The highest BCUT2D eigenvalue weighted by Gasteiger charge is 2.15. The molecule has 0 aromatic carbocycles. The number of methoxy groups -OCH3 is 1. The van der Waals surface area contributed by atoms with E-state index < -0.39 is 5.97 Å². The highest BCUT2D eigenvalue weighted by Crippen LogP contribution is 2.29. The van der Waals surface area contributed by atoms with E-state index in [0.717, 1.165) is 17.8 Å². The molecule has 0 aliphatic rings. The van der Waals surface area contributed by atoms with Crippen molar-refractivity contribution in [3.05, 3.63) is 34.2 Å². The van der Waals surface area contributed by atoms with Gasteiger partial charge in [-0.15, -0.1) is 0 Å². The highest BCUT2D eigenvalue weighted by atomic mass is 32.2. The summed E-state index contributed by atoms with van der Waals surface area (Å²) >= 11 is 0.994. The molecule has 0 atom stereocenters. The molecule has 2 rings (SSSR count). The van der Waals surface area contributed by atoms with E-state index in [1.165, 1.54) is 19.4 Å². The van der Waals surface area contributed by atoms with Crippen molar-refractivity contribution in [3.63, 3.8) is 0 Å². The summed E-state index contributed by atoms with van der Waals surface area (Å²) in [6.07, 6.45) is 1.41. The van der Waals surface area contributed by atoms with Crippen LogP contribution in [0.25, 0.3) is 0 Å². The third kappa shape index (κ3) is 2.88. The monoisotopic (exact) mass is 293 g/mol. The summed E-state index contributed by atoms with van der Waals surface area (Å²) in [4.78, 5) is 33.3. The largest absolute Gasteiger partial charge is 0.465 e. The minimum absolute atomic E-state index is 0.0824. The van der Waals surface area contributed by atoms with Crippen LogP contribution in [0.5, 0.6) is 0 Å². The number of H-pyrrole nitrogens is 1. The van der Waals surface area contributed by atoms with E-state index in [4.69, 9.17) is 11.5 Å². The van der Waals surface area contributed by atoms with Crippen LogP contribution in [0.3, 0.4) is 0 Å². The lowest BCUT2D eigenvalue weighted by atomic mass is 10.2. The average molecular weight is 293 g/mol. The summed E-state index contributed by atoms with van der Waals surface area (Å²) in [6.45, 7) is 0. The summed E-state index contributed by atoms with van der Waals surface area (Å²) in [7, 11) is 1.26. The fraction of sp³-hybridized carbons (Fsp3) is 0.0909. The molecule has 0 aliphatic carbocycles. The van der Waals surface area contributed by atoms with Gasteiger partial charge in [-0.3, -0.25) is 4.79 Å². The minimum Gasteiger partial charge on any atom is -0.465 e. The highest BCUT2D eigenvalue weighted by molar-refractivity contribution is 7.99. The summed E-state index contributed by atoms with van der Waals surface area (Å²) < 4.78 is 4.61. The number of aromatic amines is 1. The predicted octanol–water partition coefficient (Wildman–Crippen LogP) is 0.267. The van der Waals surface area contributed by atoms with Crippen molar-refractivity contribution < 1.29 is 9.53 Å². The summed E-state index contributed by atoms with van der Waals surface area (Å²) in [5.41, 5.74) is 11.3. The van der Waals surface area contributed by atoms with Crippen LogP contribution in [0.1, 0.15) is 10.4 Å². The van der Waals surface area contributed by atoms with E-state index in [0.29, 0.717) is 5.03 Å². The molecule has 5 N–H and O–H groups in total. The van der Waals surface area contributed by atoms with Gasteiger partial charge in [-0.25, -0.2) is 14.8 Å². The Morgan fingerprint density at radius 3 is 2.85 bits per heavy atom. The van der Waals surface area contributed by atoms with Crippen molar-refractivity contribution in [1.82, 2.24) is 15.0 Å². The maximum atomic E-state index is 11.5. The smallest absolute Gasteiger partial charge is 0.340 e. The molecular formula is C11H11N5O3S. The van der Waals surface area contributed by atoms with Crippen LogP contribution < -0.4 is 17.0 Å². The number of anilines is 2. The quantitative estimate of drug-likeness (QED) is 0.541. The van der Waals surface area contributed by atoms with Crippen LogP contribution in [-0.2, 0) is 4.74 Å². The zero-order chi connectivity index (χ0) is 14.7. The van der Waals surface area contributed by atoms with Gasteiger partial charge in [-0.05, 0) is 17.8 Å². The molecule has 2 aromatic rings. The molecule has 2 aromatic heterocycles. The van der Waals surface area contributed by atoms with E-state index in [9.17, 15) is 9.59 Å². The second-order valence-electron chi connectivity index (χ2n) is 3.65.